The van der Waals surface area contributed by atoms with Crippen LogP contribution in [0.1, 0.15) is 5.56 Å². The zero-order valence-corrected chi connectivity index (χ0v) is 24.4. The fourth-order valence-electron chi connectivity index (χ4n) is 4.16. The Morgan fingerprint density at radius 2 is 0.540 bits per heavy atom. The molecule has 0 fully saturated rings. The summed E-state index contributed by atoms with van der Waals surface area (Å²) in [6, 6.07) is 16.1. The second-order valence-corrected chi connectivity index (χ2v) is 12.4. The lowest BCUT2D eigenvalue weighted by Crippen LogP contribution is -2.76. The van der Waals surface area contributed by atoms with Crippen LogP contribution in [-0.4, -0.2) is 53.6 Å². The van der Waals surface area contributed by atoms with Crippen LogP contribution in [0.3, 0.4) is 0 Å². The van der Waals surface area contributed by atoms with Crippen LogP contribution in [0.25, 0.3) is 0 Å². The molecule has 0 nitrogen and oxygen atoms in total. The first-order chi connectivity index (χ1) is 22.3. The maximum absolute atomic E-state index is 14.9. The molecule has 0 aliphatic heterocycles. The second kappa shape index (κ2) is 12.4. The average molecular weight is 780 g/mol. The number of alkyl halides is 21. The lowest BCUT2D eigenvalue weighted by molar-refractivity contribution is -0.474. The van der Waals surface area contributed by atoms with E-state index in [2.05, 4.69) is 0 Å². The van der Waals surface area contributed by atoms with E-state index in [1.807, 2.05) is 0 Å². The van der Waals surface area contributed by atoms with Gasteiger partial charge in [-0.3, -0.25) is 0 Å². The third-order valence-electron chi connectivity index (χ3n) is 7.03. The van der Waals surface area contributed by atoms with Crippen molar-refractivity contribution < 1.29 is 92.2 Å². The van der Waals surface area contributed by atoms with E-state index in [0.717, 1.165) is 0 Å². The smallest absolute Gasteiger partial charge is 0.194 e. The molecule has 0 bridgehead atoms. The zero-order valence-electron chi connectivity index (χ0n) is 23.5. The molecule has 50 heavy (non-hydrogen) atoms. The normalized spacial score (nSPS) is 15.1. The van der Waals surface area contributed by atoms with E-state index in [1.165, 1.54) is 48.5 Å². The Morgan fingerprint density at radius 1 is 0.280 bits per heavy atom. The molecule has 0 N–H and O–H groups in total. The van der Waals surface area contributed by atoms with Gasteiger partial charge >= 0.3 is 59.5 Å². The zero-order chi connectivity index (χ0) is 38.8. The van der Waals surface area contributed by atoms with Gasteiger partial charge in [0.2, 0.25) is 0 Å². The number of hydrogen-bond donors (Lipinski definition) is 0. The van der Waals surface area contributed by atoms with E-state index < -0.39 is 73.0 Å². The summed E-state index contributed by atoms with van der Waals surface area (Å²) in [4.78, 5) is 0. The summed E-state index contributed by atoms with van der Waals surface area (Å²) in [5, 5.41) is 0.897. The minimum absolute atomic E-state index is 0.0256. The van der Waals surface area contributed by atoms with Crippen LogP contribution in [0.4, 0.5) is 92.2 Å². The monoisotopic (exact) mass is 780 g/mol. The lowest BCUT2D eigenvalue weighted by Gasteiger charge is -2.44. The number of halogens is 21. The van der Waals surface area contributed by atoms with E-state index in [0.29, 0.717) is 22.7 Å². The topological polar surface area (TPSA) is 0 Å². The summed E-state index contributed by atoms with van der Waals surface area (Å²) in [5.41, 5.74) is -2.41. The molecular formula is C28H14F21P. The number of benzene rings is 3. The van der Waals surface area contributed by atoms with Crippen molar-refractivity contribution in [2.45, 2.75) is 59.5 Å². The number of rotatable bonds is 12. The Morgan fingerprint density at radius 3 is 0.840 bits per heavy atom. The Bertz CT molecular complexity index is 1580. The summed E-state index contributed by atoms with van der Waals surface area (Å²) in [6.07, 6.45) is -8.02. The summed E-state index contributed by atoms with van der Waals surface area (Å²) in [7, 11) is -1.77. The third kappa shape index (κ3) is 5.74. The molecule has 0 radical (unpaired) electrons. The quantitative estimate of drug-likeness (QED) is 0.127. The van der Waals surface area contributed by atoms with Crippen molar-refractivity contribution in [1.82, 2.24) is 0 Å². The molecular weight excluding hydrogens is 766 g/mol. The van der Waals surface area contributed by atoms with Crippen LogP contribution in [-0.2, 0) is 5.92 Å². The molecule has 3 rings (SSSR count). The largest absolute Gasteiger partial charge is 0.460 e. The SMILES string of the molecule is FC(F)(F)C(F)(F)C(F)(F)C(F)(F)C(F)(F)C(F)(F)C(F)(F)C(F)(F)C(F)(F)C(F)(F)c1ccc(P(c2ccccc2)c2ccccc2)cc1. The molecule has 0 atom stereocenters. The Kier molecular flexibility index (Phi) is 10.2. The van der Waals surface area contributed by atoms with Crippen LogP contribution in [0.2, 0.25) is 0 Å². The molecule has 0 unspecified atom stereocenters. The molecule has 278 valence electrons. The fraction of sp³-hybridized carbons (Fsp3) is 0.357. The molecule has 3 aromatic carbocycles. The van der Waals surface area contributed by atoms with E-state index in [4.69, 9.17) is 0 Å². The maximum Gasteiger partial charge on any atom is 0.460 e. The van der Waals surface area contributed by atoms with E-state index in [9.17, 15) is 92.2 Å². The predicted octanol–water partition coefficient (Wildman–Crippen LogP) is 10.2. The highest BCUT2D eigenvalue weighted by Gasteiger charge is 2.97. The Balaban J connectivity index is 2.10. The standard InChI is InChI=1S/C28H14F21P/c29-19(30,15-11-13-18(14-12-15)50(16-7-3-1-4-8-16)17-9-5-2-6-10-17)20(31,32)21(33,34)22(35,36)23(37,38)24(39,40)25(41,42)26(43,44)27(45,46)28(47,48)49/h1-14H. The lowest BCUT2D eigenvalue weighted by atomic mass is 9.85. The Labute approximate surface area is 266 Å². The van der Waals surface area contributed by atoms with Gasteiger partial charge in [0, 0.05) is 5.56 Å². The molecule has 0 heterocycles. The van der Waals surface area contributed by atoms with Crippen molar-refractivity contribution in [2.75, 3.05) is 0 Å². The molecule has 3 aromatic rings. The van der Waals surface area contributed by atoms with Crippen LogP contribution < -0.4 is 15.9 Å². The maximum atomic E-state index is 14.9. The molecule has 22 heteroatoms. The molecule has 0 saturated carbocycles. The van der Waals surface area contributed by atoms with Gasteiger partial charge in [0.15, 0.2) is 0 Å². The number of hydrogen-bond acceptors (Lipinski definition) is 0. The van der Waals surface area contributed by atoms with Crippen molar-refractivity contribution in [3.63, 3.8) is 0 Å². The molecule has 0 amide bonds. The summed E-state index contributed by atoms with van der Waals surface area (Å²) < 4.78 is 289. The third-order valence-corrected chi connectivity index (χ3v) is 9.47. The first-order valence-electron chi connectivity index (χ1n) is 12.8. The van der Waals surface area contributed by atoms with Crippen molar-refractivity contribution in [3.8, 4) is 0 Å². The molecule has 0 saturated heterocycles. The van der Waals surface area contributed by atoms with Crippen LogP contribution >= 0.6 is 7.92 Å². The van der Waals surface area contributed by atoms with Gasteiger partial charge in [0.25, 0.3) is 0 Å². The highest BCUT2D eigenvalue weighted by atomic mass is 31.1. The van der Waals surface area contributed by atoms with Gasteiger partial charge in [-0.25, -0.2) is 0 Å². The summed E-state index contributed by atoms with van der Waals surface area (Å²) >= 11 is 0. The molecule has 0 aromatic heterocycles. The molecule has 0 aliphatic rings. The van der Waals surface area contributed by atoms with Crippen LogP contribution in [0.15, 0.2) is 84.9 Å². The highest BCUT2D eigenvalue weighted by Crippen LogP contribution is 2.67. The van der Waals surface area contributed by atoms with Gasteiger partial charge < -0.3 is 0 Å². The summed E-state index contributed by atoms with van der Waals surface area (Å²) in [6.45, 7) is 0. The molecule has 0 spiro atoms. The van der Waals surface area contributed by atoms with Gasteiger partial charge in [-0.15, -0.1) is 0 Å². The molecule has 0 aliphatic carbocycles. The van der Waals surface area contributed by atoms with Gasteiger partial charge in [-0.05, 0) is 23.8 Å². The van der Waals surface area contributed by atoms with Crippen molar-refractivity contribution in [3.05, 3.63) is 90.5 Å². The van der Waals surface area contributed by atoms with E-state index in [1.54, 1.807) is 12.1 Å². The van der Waals surface area contributed by atoms with E-state index in [-0.39, 0.29) is 17.4 Å². The highest BCUT2D eigenvalue weighted by molar-refractivity contribution is 7.79. The van der Waals surface area contributed by atoms with Crippen molar-refractivity contribution in [2.24, 2.45) is 0 Å². The van der Waals surface area contributed by atoms with Gasteiger partial charge in [-0.2, -0.15) is 92.2 Å². The van der Waals surface area contributed by atoms with E-state index >= 15 is 0 Å². The fourth-order valence-corrected chi connectivity index (χ4v) is 6.44. The average Bonchev–Trinajstić information content (AvgIpc) is 3.01. The minimum Gasteiger partial charge on any atom is -0.194 e. The van der Waals surface area contributed by atoms with Gasteiger partial charge in [0.1, 0.15) is 0 Å². The Hall–Kier alpha value is -3.38. The second-order valence-electron chi connectivity index (χ2n) is 10.2. The van der Waals surface area contributed by atoms with Crippen LogP contribution in [0, 0.1) is 0 Å². The van der Waals surface area contributed by atoms with Crippen molar-refractivity contribution >= 4 is 23.8 Å². The summed E-state index contributed by atoms with van der Waals surface area (Å²) in [5.74, 6) is -77.4. The first-order valence-corrected chi connectivity index (χ1v) is 14.1. The van der Waals surface area contributed by atoms with Gasteiger partial charge in [0.05, 0.1) is 0 Å². The minimum atomic E-state index is -9.20. The van der Waals surface area contributed by atoms with Gasteiger partial charge in [-0.1, -0.05) is 84.9 Å². The van der Waals surface area contributed by atoms with Crippen LogP contribution in [0.5, 0.6) is 0 Å². The van der Waals surface area contributed by atoms with Crippen molar-refractivity contribution in [1.29, 1.82) is 0 Å². The predicted molar refractivity (Wildman–Crippen MR) is 135 cm³/mol. The first kappa shape index (κ1) is 41.0.